The van der Waals surface area contributed by atoms with Gasteiger partial charge in [-0.05, 0) is 65.1 Å². The van der Waals surface area contributed by atoms with Gasteiger partial charge < -0.3 is 5.32 Å². The number of hydrogen-bond donors (Lipinski definition) is 1. The first-order chi connectivity index (χ1) is 9.17. The van der Waals surface area contributed by atoms with Crippen LogP contribution in [0.15, 0.2) is 51.7 Å². The summed E-state index contributed by atoms with van der Waals surface area (Å²) in [6, 6.07) is 11.0. The van der Waals surface area contributed by atoms with Crippen LogP contribution < -0.4 is 5.32 Å². The minimum absolute atomic E-state index is 0.408. The van der Waals surface area contributed by atoms with E-state index in [1.165, 1.54) is 11.1 Å². The van der Waals surface area contributed by atoms with Crippen molar-refractivity contribution in [1.82, 2.24) is 10.3 Å². The highest BCUT2D eigenvalue weighted by Gasteiger charge is 2.09. The average Bonchev–Trinajstić information content (AvgIpc) is 2.38. The van der Waals surface area contributed by atoms with Gasteiger partial charge in [0.15, 0.2) is 0 Å². The second kappa shape index (κ2) is 7.17. The summed E-state index contributed by atoms with van der Waals surface area (Å²) in [5, 5.41) is 3.38. The number of pyridine rings is 1. The first-order valence-corrected chi connectivity index (χ1v) is 7.77. The van der Waals surface area contributed by atoms with Crippen molar-refractivity contribution in [2.24, 2.45) is 0 Å². The van der Waals surface area contributed by atoms with Crippen LogP contribution in [0.25, 0.3) is 0 Å². The molecule has 1 aromatic carbocycles. The van der Waals surface area contributed by atoms with E-state index in [4.69, 9.17) is 0 Å². The third-order valence-electron chi connectivity index (χ3n) is 3.02. The van der Waals surface area contributed by atoms with Gasteiger partial charge in [0.1, 0.15) is 0 Å². The summed E-state index contributed by atoms with van der Waals surface area (Å²) in [4.78, 5) is 4.21. The number of rotatable bonds is 5. The van der Waals surface area contributed by atoms with Crippen molar-refractivity contribution in [2.45, 2.75) is 18.9 Å². The molecule has 0 spiro atoms. The van der Waals surface area contributed by atoms with E-state index in [9.17, 15) is 0 Å². The zero-order valence-electron chi connectivity index (χ0n) is 10.7. The Balaban J connectivity index is 2.04. The highest BCUT2D eigenvalue weighted by atomic mass is 79.9. The molecule has 0 bridgehead atoms. The summed E-state index contributed by atoms with van der Waals surface area (Å²) in [7, 11) is 2.01. The molecule has 0 aliphatic heterocycles. The fourth-order valence-electron chi connectivity index (χ4n) is 2.08. The number of nitrogens with zero attached hydrogens (tertiary/aromatic N) is 1. The molecule has 1 atom stereocenters. The van der Waals surface area contributed by atoms with Gasteiger partial charge in [-0.1, -0.05) is 28.1 Å². The van der Waals surface area contributed by atoms with E-state index in [0.717, 1.165) is 21.8 Å². The van der Waals surface area contributed by atoms with Gasteiger partial charge in [-0.15, -0.1) is 0 Å². The molecule has 0 saturated heterocycles. The fourth-order valence-corrected chi connectivity index (χ4v) is 2.94. The minimum atomic E-state index is 0.408. The van der Waals surface area contributed by atoms with Crippen LogP contribution in [-0.2, 0) is 12.8 Å². The minimum Gasteiger partial charge on any atom is -0.316 e. The Labute approximate surface area is 130 Å². The zero-order valence-corrected chi connectivity index (χ0v) is 13.9. The first kappa shape index (κ1) is 14.7. The molecule has 2 aromatic rings. The number of nitrogens with one attached hydrogen (secondary N) is 1. The maximum atomic E-state index is 4.21. The van der Waals surface area contributed by atoms with E-state index in [1.807, 2.05) is 19.4 Å². The molecule has 0 saturated carbocycles. The summed E-state index contributed by atoms with van der Waals surface area (Å²) in [5.41, 5.74) is 2.57. The number of aromatic nitrogens is 1. The quantitative estimate of drug-likeness (QED) is 0.844. The van der Waals surface area contributed by atoms with Crippen molar-refractivity contribution in [2.75, 3.05) is 7.05 Å². The second-order valence-electron chi connectivity index (χ2n) is 4.54. The number of benzene rings is 1. The van der Waals surface area contributed by atoms with Crippen molar-refractivity contribution in [3.8, 4) is 0 Å². The fraction of sp³-hybridized carbons (Fsp3) is 0.267. The normalized spacial score (nSPS) is 12.4. The van der Waals surface area contributed by atoms with Crippen LogP contribution in [0, 0.1) is 0 Å². The van der Waals surface area contributed by atoms with Crippen LogP contribution in [-0.4, -0.2) is 18.1 Å². The third kappa shape index (κ3) is 4.71. The van der Waals surface area contributed by atoms with Gasteiger partial charge in [0.25, 0.3) is 0 Å². The topological polar surface area (TPSA) is 24.9 Å². The standard InChI is InChI=1S/C15H16Br2N2/c1-18-15(7-11-3-2-4-13(16)5-11)8-12-6-14(17)10-19-9-12/h2-6,9-10,15,18H,7-8H2,1H3. The van der Waals surface area contributed by atoms with E-state index < -0.39 is 0 Å². The van der Waals surface area contributed by atoms with Gasteiger partial charge in [-0.25, -0.2) is 0 Å². The monoisotopic (exact) mass is 382 g/mol. The zero-order chi connectivity index (χ0) is 13.7. The Kier molecular flexibility index (Phi) is 5.55. The molecular formula is C15H16Br2N2. The van der Waals surface area contributed by atoms with Gasteiger partial charge in [-0.3, -0.25) is 4.98 Å². The van der Waals surface area contributed by atoms with Crippen molar-refractivity contribution in [3.05, 3.63) is 62.8 Å². The summed E-state index contributed by atoms with van der Waals surface area (Å²) < 4.78 is 2.16. The van der Waals surface area contributed by atoms with Gasteiger partial charge >= 0.3 is 0 Å². The number of hydrogen-bond acceptors (Lipinski definition) is 2. The van der Waals surface area contributed by atoms with Crippen LogP contribution in [0.2, 0.25) is 0 Å². The molecular weight excluding hydrogens is 368 g/mol. The molecule has 1 N–H and O–H groups in total. The van der Waals surface area contributed by atoms with Crippen molar-refractivity contribution in [3.63, 3.8) is 0 Å². The molecule has 1 heterocycles. The van der Waals surface area contributed by atoms with Crippen molar-refractivity contribution < 1.29 is 0 Å². The summed E-state index contributed by atoms with van der Waals surface area (Å²) >= 11 is 6.97. The van der Waals surface area contributed by atoms with Crippen LogP contribution in [0.3, 0.4) is 0 Å². The number of likely N-dealkylation sites (N-methyl/N-ethyl adjacent to an activating group) is 1. The third-order valence-corrected chi connectivity index (χ3v) is 3.95. The maximum absolute atomic E-state index is 4.21. The molecule has 0 fully saturated rings. The Bertz CT molecular complexity index is 496. The highest BCUT2D eigenvalue weighted by molar-refractivity contribution is 9.10. The van der Waals surface area contributed by atoms with Crippen molar-refractivity contribution >= 4 is 31.9 Å². The second-order valence-corrected chi connectivity index (χ2v) is 6.37. The number of halogens is 2. The van der Waals surface area contributed by atoms with Crippen molar-refractivity contribution in [1.29, 1.82) is 0 Å². The molecule has 0 aliphatic rings. The van der Waals surface area contributed by atoms with Gasteiger partial charge in [-0.2, -0.15) is 0 Å². The van der Waals surface area contributed by atoms with Gasteiger partial charge in [0.05, 0.1) is 0 Å². The smallest absolute Gasteiger partial charge is 0.0410 e. The molecule has 2 rings (SSSR count). The van der Waals surface area contributed by atoms with E-state index in [0.29, 0.717) is 6.04 Å². The van der Waals surface area contributed by atoms with E-state index in [-0.39, 0.29) is 0 Å². The molecule has 0 radical (unpaired) electrons. The molecule has 1 unspecified atom stereocenters. The van der Waals surface area contributed by atoms with Gasteiger partial charge in [0.2, 0.25) is 0 Å². The predicted molar refractivity (Wildman–Crippen MR) is 86.3 cm³/mol. The van der Waals surface area contributed by atoms with Crippen LogP contribution in [0.4, 0.5) is 0 Å². The largest absolute Gasteiger partial charge is 0.316 e. The highest BCUT2D eigenvalue weighted by Crippen LogP contribution is 2.16. The summed E-state index contributed by atoms with van der Waals surface area (Å²) in [6.45, 7) is 0. The molecule has 0 aliphatic carbocycles. The van der Waals surface area contributed by atoms with Crippen LogP contribution in [0.5, 0.6) is 0 Å². The van der Waals surface area contributed by atoms with Crippen LogP contribution >= 0.6 is 31.9 Å². The lowest BCUT2D eigenvalue weighted by atomic mass is 10.0. The van der Waals surface area contributed by atoms with E-state index >= 15 is 0 Å². The molecule has 1 aromatic heterocycles. The summed E-state index contributed by atoms with van der Waals surface area (Å²) in [6.07, 6.45) is 5.71. The molecule has 2 nitrogen and oxygen atoms in total. The molecule has 19 heavy (non-hydrogen) atoms. The lowest BCUT2D eigenvalue weighted by molar-refractivity contribution is 0.555. The Hall–Kier alpha value is -0.710. The lowest BCUT2D eigenvalue weighted by Gasteiger charge is -2.16. The Morgan fingerprint density at radius 2 is 1.79 bits per heavy atom. The SMILES string of the molecule is CNC(Cc1cccc(Br)c1)Cc1cncc(Br)c1. The molecule has 4 heteroatoms. The lowest BCUT2D eigenvalue weighted by Crippen LogP contribution is -2.29. The predicted octanol–water partition coefficient (Wildman–Crippen LogP) is 3.98. The average molecular weight is 384 g/mol. The van der Waals surface area contributed by atoms with Crippen LogP contribution in [0.1, 0.15) is 11.1 Å². The Morgan fingerprint density at radius 3 is 2.47 bits per heavy atom. The first-order valence-electron chi connectivity index (χ1n) is 6.18. The summed E-state index contributed by atoms with van der Waals surface area (Å²) in [5.74, 6) is 0. The molecule has 0 amide bonds. The van der Waals surface area contributed by atoms with E-state index in [2.05, 4.69) is 72.5 Å². The van der Waals surface area contributed by atoms with E-state index in [1.54, 1.807) is 0 Å². The van der Waals surface area contributed by atoms with Gasteiger partial charge in [0, 0.05) is 27.4 Å². The molecule has 100 valence electrons. The maximum Gasteiger partial charge on any atom is 0.0410 e. The Morgan fingerprint density at radius 1 is 1.05 bits per heavy atom.